The average Bonchev–Trinajstić information content (AvgIpc) is 2.33. The van der Waals surface area contributed by atoms with E-state index in [4.69, 9.17) is 10.2 Å². The molecule has 19 heavy (non-hydrogen) atoms. The van der Waals surface area contributed by atoms with Crippen molar-refractivity contribution in [1.82, 2.24) is 10.6 Å². The molecule has 0 saturated carbocycles. The minimum absolute atomic E-state index is 0.131. The number of hydrogen-bond donors (Lipinski definition) is 4. The van der Waals surface area contributed by atoms with Crippen molar-refractivity contribution >= 4 is 18.0 Å². The Labute approximate surface area is 112 Å². The van der Waals surface area contributed by atoms with E-state index in [1.807, 2.05) is 0 Å². The van der Waals surface area contributed by atoms with Gasteiger partial charge in [-0.3, -0.25) is 4.79 Å². The largest absolute Gasteiger partial charge is 0.481 e. The van der Waals surface area contributed by atoms with Crippen LogP contribution in [0.1, 0.15) is 45.4 Å². The first-order valence-electron chi connectivity index (χ1n) is 6.46. The molecule has 0 aliphatic carbocycles. The highest BCUT2D eigenvalue weighted by molar-refractivity contribution is 5.82. The van der Waals surface area contributed by atoms with Gasteiger partial charge in [0.15, 0.2) is 0 Å². The van der Waals surface area contributed by atoms with Crippen LogP contribution in [-0.4, -0.2) is 40.8 Å². The molecule has 0 aromatic heterocycles. The van der Waals surface area contributed by atoms with Gasteiger partial charge in [0.05, 0.1) is 0 Å². The van der Waals surface area contributed by atoms with Crippen LogP contribution in [-0.2, 0) is 9.59 Å². The number of unbranched alkanes of at least 4 members (excludes halogenated alkanes) is 3. The van der Waals surface area contributed by atoms with E-state index in [0.717, 1.165) is 25.7 Å². The first-order chi connectivity index (χ1) is 8.97. The quantitative estimate of drug-likeness (QED) is 0.446. The fraction of sp³-hybridized carbons (Fsp3) is 0.750. The van der Waals surface area contributed by atoms with Gasteiger partial charge in [0.2, 0.25) is 0 Å². The number of urea groups is 1. The van der Waals surface area contributed by atoms with Crippen LogP contribution in [0.5, 0.6) is 0 Å². The second-order valence-corrected chi connectivity index (χ2v) is 4.28. The Morgan fingerprint density at radius 2 is 1.79 bits per heavy atom. The van der Waals surface area contributed by atoms with E-state index in [1.54, 1.807) is 0 Å². The number of carboxylic acid groups (broad SMARTS) is 2. The van der Waals surface area contributed by atoms with Gasteiger partial charge in [-0.15, -0.1) is 0 Å². The molecule has 0 rings (SSSR count). The second-order valence-electron chi connectivity index (χ2n) is 4.28. The highest BCUT2D eigenvalue weighted by Crippen LogP contribution is 1.99. The monoisotopic (exact) mass is 274 g/mol. The van der Waals surface area contributed by atoms with Crippen molar-refractivity contribution in [3.63, 3.8) is 0 Å². The van der Waals surface area contributed by atoms with Crippen LogP contribution >= 0.6 is 0 Å². The molecular formula is C12H22N2O5. The standard InChI is InChI=1S/C12H22N2O5/c1-2-3-4-5-8-13-12(19)14-9(11(17)18)6-7-10(15)16/h9H,2-8H2,1H3,(H,15,16)(H,17,18)(H2,13,14,19)/t9-/m0/s1. The lowest BCUT2D eigenvalue weighted by Crippen LogP contribution is -2.46. The summed E-state index contributed by atoms with van der Waals surface area (Å²) in [5.41, 5.74) is 0. The van der Waals surface area contributed by atoms with Crippen molar-refractivity contribution in [1.29, 1.82) is 0 Å². The SMILES string of the molecule is CCCCCCNC(=O)N[C@@H](CCC(=O)O)C(=O)O. The average molecular weight is 274 g/mol. The zero-order valence-corrected chi connectivity index (χ0v) is 11.1. The topological polar surface area (TPSA) is 116 Å². The molecule has 2 amide bonds. The van der Waals surface area contributed by atoms with Crippen LogP contribution in [0, 0.1) is 0 Å². The van der Waals surface area contributed by atoms with Crippen molar-refractivity contribution in [2.45, 2.75) is 51.5 Å². The summed E-state index contributed by atoms with van der Waals surface area (Å²) in [6, 6.07) is -1.75. The first kappa shape index (κ1) is 17.2. The summed E-state index contributed by atoms with van der Waals surface area (Å²) in [6.07, 6.45) is 3.62. The summed E-state index contributed by atoms with van der Waals surface area (Å²) in [5.74, 6) is -2.32. The highest BCUT2D eigenvalue weighted by atomic mass is 16.4. The van der Waals surface area contributed by atoms with Crippen molar-refractivity contribution in [3.05, 3.63) is 0 Å². The number of amides is 2. The molecule has 0 spiro atoms. The zero-order chi connectivity index (χ0) is 14.7. The minimum Gasteiger partial charge on any atom is -0.481 e. The molecule has 0 radical (unpaired) electrons. The Morgan fingerprint density at radius 3 is 2.32 bits per heavy atom. The molecule has 7 nitrogen and oxygen atoms in total. The molecule has 0 aromatic rings. The minimum atomic E-state index is -1.23. The lowest BCUT2D eigenvalue weighted by Gasteiger charge is -2.14. The molecule has 0 bridgehead atoms. The van der Waals surface area contributed by atoms with E-state index in [-0.39, 0.29) is 12.8 Å². The normalized spacial score (nSPS) is 11.6. The Bertz CT molecular complexity index is 306. The van der Waals surface area contributed by atoms with E-state index in [9.17, 15) is 14.4 Å². The van der Waals surface area contributed by atoms with E-state index in [1.165, 1.54) is 0 Å². The van der Waals surface area contributed by atoms with E-state index in [2.05, 4.69) is 17.6 Å². The van der Waals surface area contributed by atoms with E-state index in [0.29, 0.717) is 6.54 Å². The van der Waals surface area contributed by atoms with Gasteiger partial charge in [-0.25, -0.2) is 9.59 Å². The molecule has 0 aromatic carbocycles. The maximum atomic E-state index is 11.4. The number of aliphatic carboxylic acids is 2. The predicted octanol–water partition coefficient (Wildman–Crippen LogP) is 1.18. The summed E-state index contributed by atoms with van der Waals surface area (Å²) >= 11 is 0. The number of nitrogens with one attached hydrogen (secondary N) is 2. The van der Waals surface area contributed by atoms with Gasteiger partial charge in [-0.2, -0.15) is 0 Å². The molecule has 7 heteroatoms. The fourth-order valence-electron chi connectivity index (χ4n) is 1.49. The second kappa shape index (κ2) is 10.2. The van der Waals surface area contributed by atoms with Gasteiger partial charge in [0.25, 0.3) is 0 Å². The van der Waals surface area contributed by atoms with Gasteiger partial charge in [-0.1, -0.05) is 26.2 Å². The van der Waals surface area contributed by atoms with Crippen LogP contribution in [0.25, 0.3) is 0 Å². The highest BCUT2D eigenvalue weighted by Gasteiger charge is 2.20. The van der Waals surface area contributed by atoms with Crippen LogP contribution in [0.2, 0.25) is 0 Å². The van der Waals surface area contributed by atoms with Gasteiger partial charge in [0, 0.05) is 13.0 Å². The molecular weight excluding hydrogens is 252 g/mol. The molecule has 1 atom stereocenters. The van der Waals surface area contributed by atoms with Crippen molar-refractivity contribution in [3.8, 4) is 0 Å². The third-order valence-corrected chi connectivity index (χ3v) is 2.57. The van der Waals surface area contributed by atoms with Crippen LogP contribution in [0.4, 0.5) is 4.79 Å². The lowest BCUT2D eigenvalue weighted by atomic mass is 10.1. The Balaban J connectivity index is 3.90. The Hall–Kier alpha value is -1.79. The summed E-state index contributed by atoms with van der Waals surface area (Å²) in [7, 11) is 0. The summed E-state index contributed by atoms with van der Waals surface area (Å²) < 4.78 is 0. The lowest BCUT2D eigenvalue weighted by molar-refractivity contribution is -0.140. The molecule has 0 heterocycles. The molecule has 4 N–H and O–H groups in total. The number of hydrogen-bond acceptors (Lipinski definition) is 3. The maximum Gasteiger partial charge on any atom is 0.326 e. The van der Waals surface area contributed by atoms with Crippen LogP contribution in [0.15, 0.2) is 0 Å². The first-order valence-corrected chi connectivity index (χ1v) is 6.46. The third-order valence-electron chi connectivity index (χ3n) is 2.57. The molecule has 0 aliphatic heterocycles. The summed E-state index contributed by atoms with van der Waals surface area (Å²) in [4.78, 5) is 32.6. The van der Waals surface area contributed by atoms with Crippen molar-refractivity contribution in [2.24, 2.45) is 0 Å². The summed E-state index contributed by atoms with van der Waals surface area (Å²) in [5, 5.41) is 22.1. The molecule has 0 aliphatic rings. The number of carboxylic acids is 2. The number of carbonyl (C=O) groups is 3. The molecule has 110 valence electrons. The molecule has 0 unspecified atom stereocenters. The third kappa shape index (κ3) is 9.87. The van der Waals surface area contributed by atoms with Crippen LogP contribution < -0.4 is 10.6 Å². The zero-order valence-electron chi connectivity index (χ0n) is 11.1. The van der Waals surface area contributed by atoms with Gasteiger partial charge >= 0.3 is 18.0 Å². The van der Waals surface area contributed by atoms with Gasteiger partial charge in [0.1, 0.15) is 6.04 Å². The van der Waals surface area contributed by atoms with Gasteiger partial charge < -0.3 is 20.8 Å². The molecule has 0 fully saturated rings. The molecule has 0 saturated heterocycles. The van der Waals surface area contributed by atoms with Crippen LogP contribution in [0.3, 0.4) is 0 Å². The predicted molar refractivity (Wildman–Crippen MR) is 69.0 cm³/mol. The maximum absolute atomic E-state index is 11.4. The van der Waals surface area contributed by atoms with E-state index < -0.39 is 24.0 Å². The van der Waals surface area contributed by atoms with Gasteiger partial charge in [-0.05, 0) is 12.8 Å². The number of carbonyl (C=O) groups excluding carboxylic acids is 1. The summed E-state index contributed by atoms with van der Waals surface area (Å²) in [6.45, 7) is 2.57. The Morgan fingerprint density at radius 1 is 1.11 bits per heavy atom. The Kier molecular flexibility index (Phi) is 9.20. The fourth-order valence-corrected chi connectivity index (χ4v) is 1.49. The smallest absolute Gasteiger partial charge is 0.326 e. The van der Waals surface area contributed by atoms with Crippen molar-refractivity contribution in [2.75, 3.05) is 6.54 Å². The van der Waals surface area contributed by atoms with E-state index >= 15 is 0 Å². The number of rotatable bonds is 10. The van der Waals surface area contributed by atoms with Crippen molar-refractivity contribution < 1.29 is 24.6 Å².